The van der Waals surface area contributed by atoms with E-state index in [1.54, 1.807) is 20.8 Å². The predicted octanol–water partition coefficient (Wildman–Crippen LogP) is 2.24. The fourth-order valence-electron chi connectivity index (χ4n) is 2.85. The molecule has 2 aromatic rings. The Balaban J connectivity index is 1.68. The van der Waals surface area contributed by atoms with Gasteiger partial charge in [-0.1, -0.05) is 30.3 Å². The zero-order valence-electron chi connectivity index (χ0n) is 17.7. The van der Waals surface area contributed by atoms with Crippen molar-refractivity contribution in [2.75, 3.05) is 19.8 Å². The van der Waals surface area contributed by atoms with Crippen LogP contribution in [-0.2, 0) is 16.1 Å². The smallest absolute Gasteiger partial charge is 0.407 e. The highest BCUT2D eigenvalue weighted by atomic mass is 16.6. The Hall–Kier alpha value is -3.33. The fourth-order valence-corrected chi connectivity index (χ4v) is 2.85. The summed E-state index contributed by atoms with van der Waals surface area (Å²) in [6.45, 7) is 5.83. The van der Waals surface area contributed by atoms with Crippen molar-refractivity contribution in [1.82, 2.24) is 10.6 Å². The molecule has 9 heteroatoms. The van der Waals surface area contributed by atoms with Crippen LogP contribution >= 0.6 is 0 Å². The van der Waals surface area contributed by atoms with E-state index in [-0.39, 0.29) is 37.9 Å². The highest BCUT2D eigenvalue weighted by Crippen LogP contribution is 2.20. The summed E-state index contributed by atoms with van der Waals surface area (Å²) in [5.74, 6) is -1.07. The first kappa shape index (κ1) is 22.4. The first-order chi connectivity index (χ1) is 14.7. The van der Waals surface area contributed by atoms with Gasteiger partial charge in [0.25, 0.3) is 5.91 Å². The first-order valence-corrected chi connectivity index (χ1v) is 9.83. The Morgan fingerprint density at radius 2 is 1.84 bits per heavy atom. The van der Waals surface area contributed by atoms with Gasteiger partial charge in [-0.2, -0.15) is 0 Å². The molecule has 1 aliphatic rings. The third kappa shape index (κ3) is 6.08. The Labute approximate surface area is 179 Å². The van der Waals surface area contributed by atoms with Gasteiger partial charge in [-0.15, -0.1) is 0 Å². The van der Waals surface area contributed by atoms with Gasteiger partial charge in [0.15, 0.2) is 0 Å². The summed E-state index contributed by atoms with van der Waals surface area (Å²) in [7, 11) is 0. The molecule has 9 nitrogen and oxygen atoms in total. The lowest BCUT2D eigenvalue weighted by Crippen LogP contribution is -2.67. The Morgan fingerprint density at radius 1 is 1.13 bits per heavy atom. The van der Waals surface area contributed by atoms with E-state index in [0.29, 0.717) is 0 Å². The molecular weight excluding hydrogens is 404 g/mol. The molecule has 0 aliphatic carbocycles. The van der Waals surface area contributed by atoms with Crippen LogP contribution in [0.25, 0.3) is 0 Å². The van der Waals surface area contributed by atoms with E-state index in [0.717, 1.165) is 11.8 Å². The Bertz CT molecular complexity index is 975. The zero-order valence-corrected chi connectivity index (χ0v) is 17.7. The lowest BCUT2D eigenvalue weighted by molar-refractivity contribution is -0.0687. The first-order valence-electron chi connectivity index (χ1n) is 9.83. The summed E-state index contributed by atoms with van der Waals surface area (Å²) in [6, 6.07) is 10.4. The molecule has 0 bridgehead atoms. The normalized spacial score (nSPS) is 14.8. The number of amides is 2. The number of ether oxygens (including phenoxy) is 3. The molecule has 0 saturated carbocycles. The minimum atomic E-state index is -0.848. The topological polar surface area (TPSA) is 116 Å². The molecule has 0 spiro atoms. The number of benzene rings is 1. The fraction of sp³-hybridized carbons (Fsp3) is 0.409. The molecule has 2 heterocycles. The van der Waals surface area contributed by atoms with E-state index in [2.05, 4.69) is 10.6 Å². The minimum absolute atomic E-state index is 0.0882. The molecule has 31 heavy (non-hydrogen) atoms. The summed E-state index contributed by atoms with van der Waals surface area (Å²) in [5, 5.41) is 5.42. The minimum Gasteiger partial charge on any atom is -0.481 e. The van der Waals surface area contributed by atoms with Gasteiger partial charge in [0, 0.05) is 12.6 Å². The standard InChI is InChI=1S/C22H26N2O7/c1-21(2,3)31-20(27)23-12-22(13-28-14-22)24-19(26)18-17(16(25)9-10-29-18)30-11-15-7-5-4-6-8-15/h4-10H,11-14H2,1-3H3,(H,23,27)(H,24,26). The molecule has 0 unspecified atom stereocenters. The lowest BCUT2D eigenvalue weighted by atomic mass is 9.97. The van der Waals surface area contributed by atoms with E-state index in [1.165, 1.54) is 6.07 Å². The van der Waals surface area contributed by atoms with Crippen LogP contribution in [0.5, 0.6) is 5.75 Å². The van der Waals surface area contributed by atoms with E-state index in [1.807, 2.05) is 30.3 Å². The van der Waals surface area contributed by atoms with E-state index >= 15 is 0 Å². The molecule has 166 valence electrons. The molecule has 1 aromatic heterocycles. The maximum atomic E-state index is 12.9. The number of rotatable bonds is 7. The number of nitrogens with one attached hydrogen (secondary N) is 2. The van der Waals surface area contributed by atoms with E-state index in [4.69, 9.17) is 18.6 Å². The average molecular weight is 430 g/mol. The number of hydrogen-bond acceptors (Lipinski definition) is 7. The maximum Gasteiger partial charge on any atom is 0.407 e. The average Bonchev–Trinajstić information content (AvgIpc) is 2.68. The second-order valence-corrected chi connectivity index (χ2v) is 8.30. The summed E-state index contributed by atoms with van der Waals surface area (Å²) in [5.41, 5.74) is -1.13. The van der Waals surface area contributed by atoms with Crippen LogP contribution in [0.15, 0.2) is 51.9 Å². The van der Waals surface area contributed by atoms with Crippen molar-refractivity contribution in [3.8, 4) is 5.75 Å². The molecule has 2 N–H and O–H groups in total. The Morgan fingerprint density at radius 3 is 2.45 bits per heavy atom. The lowest BCUT2D eigenvalue weighted by Gasteiger charge is -2.41. The number of carbonyl (C=O) groups is 2. The number of alkyl carbamates (subject to hydrolysis) is 1. The van der Waals surface area contributed by atoms with Gasteiger partial charge in [-0.25, -0.2) is 4.79 Å². The largest absolute Gasteiger partial charge is 0.481 e. The van der Waals surface area contributed by atoms with Crippen LogP contribution in [0, 0.1) is 0 Å². The van der Waals surface area contributed by atoms with Crippen LogP contribution < -0.4 is 20.8 Å². The molecule has 2 amide bonds. The predicted molar refractivity (Wildman–Crippen MR) is 111 cm³/mol. The highest BCUT2D eigenvalue weighted by Gasteiger charge is 2.42. The monoisotopic (exact) mass is 430 g/mol. The van der Waals surface area contributed by atoms with Crippen molar-refractivity contribution in [1.29, 1.82) is 0 Å². The maximum absolute atomic E-state index is 12.9. The van der Waals surface area contributed by atoms with Crippen molar-refractivity contribution < 1.29 is 28.2 Å². The summed E-state index contributed by atoms with van der Waals surface area (Å²) < 4.78 is 21.4. The third-order valence-corrected chi connectivity index (χ3v) is 4.37. The number of hydrogen-bond donors (Lipinski definition) is 2. The number of carbonyl (C=O) groups excluding carboxylic acids is 2. The van der Waals surface area contributed by atoms with Crippen molar-refractivity contribution in [3.63, 3.8) is 0 Å². The van der Waals surface area contributed by atoms with Crippen LogP contribution in [0.2, 0.25) is 0 Å². The SMILES string of the molecule is CC(C)(C)OC(=O)NCC1(NC(=O)c2occc(=O)c2OCc2ccccc2)COC1. The van der Waals surface area contributed by atoms with Crippen molar-refractivity contribution in [3.05, 3.63) is 64.2 Å². The highest BCUT2D eigenvalue weighted by molar-refractivity contribution is 5.94. The van der Waals surface area contributed by atoms with Crippen LogP contribution in [0.4, 0.5) is 4.79 Å². The third-order valence-electron chi connectivity index (χ3n) is 4.37. The molecule has 0 radical (unpaired) electrons. The van der Waals surface area contributed by atoms with Gasteiger partial charge in [-0.3, -0.25) is 9.59 Å². The molecule has 1 fully saturated rings. The van der Waals surface area contributed by atoms with Crippen LogP contribution in [-0.4, -0.2) is 42.9 Å². The van der Waals surface area contributed by atoms with Gasteiger partial charge in [0.1, 0.15) is 17.7 Å². The second-order valence-electron chi connectivity index (χ2n) is 8.30. The molecular formula is C22H26N2O7. The van der Waals surface area contributed by atoms with Crippen LogP contribution in [0.1, 0.15) is 36.9 Å². The quantitative estimate of drug-likeness (QED) is 0.692. The zero-order chi connectivity index (χ0) is 22.5. The molecule has 1 aromatic carbocycles. The molecule has 1 saturated heterocycles. The van der Waals surface area contributed by atoms with E-state index < -0.39 is 28.6 Å². The van der Waals surface area contributed by atoms with Gasteiger partial charge < -0.3 is 29.3 Å². The van der Waals surface area contributed by atoms with Crippen molar-refractivity contribution >= 4 is 12.0 Å². The van der Waals surface area contributed by atoms with Crippen molar-refractivity contribution in [2.24, 2.45) is 0 Å². The summed E-state index contributed by atoms with van der Waals surface area (Å²) in [6.07, 6.45) is 0.529. The van der Waals surface area contributed by atoms with Gasteiger partial charge in [0.2, 0.25) is 16.9 Å². The van der Waals surface area contributed by atoms with E-state index in [9.17, 15) is 14.4 Å². The molecule has 1 aliphatic heterocycles. The van der Waals surface area contributed by atoms with Gasteiger partial charge in [0.05, 0.1) is 19.5 Å². The van der Waals surface area contributed by atoms with Gasteiger partial charge in [-0.05, 0) is 26.3 Å². The van der Waals surface area contributed by atoms with Crippen molar-refractivity contribution in [2.45, 2.75) is 38.5 Å². The summed E-state index contributed by atoms with van der Waals surface area (Å²) in [4.78, 5) is 37.1. The second kappa shape index (κ2) is 9.22. The van der Waals surface area contributed by atoms with Crippen LogP contribution in [0.3, 0.4) is 0 Å². The molecule has 0 atom stereocenters. The Kier molecular flexibility index (Phi) is 6.65. The summed E-state index contributed by atoms with van der Waals surface area (Å²) >= 11 is 0. The molecule has 3 rings (SSSR count). The van der Waals surface area contributed by atoms with Gasteiger partial charge >= 0.3 is 6.09 Å².